The normalized spacial score (nSPS) is 14.8. The van der Waals surface area contributed by atoms with Gasteiger partial charge in [-0.05, 0) is 94.2 Å². The maximum atomic E-state index is 12.9. The Morgan fingerprint density at radius 2 is 1.60 bits per heavy atom. The monoisotopic (exact) mass is 467 g/mol. The SMILES string of the molecule is Cc1cc(C)cc(NC(=O)C2CCN(Cc3c(C)nn(-c4ccccc4)c3-n3cccc3)CC2)c1. The molecule has 0 aliphatic carbocycles. The number of anilines is 1. The van der Waals surface area contributed by atoms with Crippen LogP contribution in [0.25, 0.3) is 11.5 Å². The highest BCUT2D eigenvalue weighted by Crippen LogP contribution is 2.27. The van der Waals surface area contributed by atoms with Gasteiger partial charge in [0.2, 0.25) is 5.91 Å². The fraction of sp³-hybridized carbons (Fsp3) is 0.310. The topological polar surface area (TPSA) is 55.1 Å². The molecule has 4 aromatic rings. The van der Waals surface area contributed by atoms with Crippen molar-refractivity contribution in [3.05, 3.63) is 95.4 Å². The smallest absolute Gasteiger partial charge is 0.227 e. The molecule has 0 atom stereocenters. The first-order chi connectivity index (χ1) is 17.0. The van der Waals surface area contributed by atoms with E-state index in [1.54, 1.807) is 0 Å². The standard InChI is InChI=1S/C29H33N5O/c1-21-17-22(2)19-25(18-21)30-28(35)24-11-15-32(16-12-24)20-27-23(3)31-34(26-9-5-4-6-10-26)29(27)33-13-7-8-14-33/h4-10,13-14,17-19,24H,11-12,15-16,20H2,1-3H3,(H,30,35). The van der Waals surface area contributed by atoms with Gasteiger partial charge in [0.05, 0.1) is 11.4 Å². The summed E-state index contributed by atoms with van der Waals surface area (Å²) in [5, 5.41) is 8.05. The van der Waals surface area contributed by atoms with Crippen molar-refractivity contribution >= 4 is 11.6 Å². The highest BCUT2D eigenvalue weighted by atomic mass is 16.1. The van der Waals surface area contributed by atoms with Gasteiger partial charge in [-0.15, -0.1) is 0 Å². The van der Waals surface area contributed by atoms with Crippen LogP contribution in [0.15, 0.2) is 73.1 Å². The Kier molecular flexibility index (Phi) is 6.55. The van der Waals surface area contributed by atoms with Gasteiger partial charge < -0.3 is 9.88 Å². The van der Waals surface area contributed by atoms with Gasteiger partial charge in [0.1, 0.15) is 5.82 Å². The first-order valence-electron chi connectivity index (χ1n) is 12.4. The van der Waals surface area contributed by atoms with E-state index in [2.05, 4.69) is 66.1 Å². The van der Waals surface area contributed by atoms with Gasteiger partial charge in [0.15, 0.2) is 0 Å². The van der Waals surface area contributed by atoms with Crippen molar-refractivity contribution in [2.75, 3.05) is 18.4 Å². The van der Waals surface area contributed by atoms with E-state index >= 15 is 0 Å². The van der Waals surface area contributed by atoms with Crippen LogP contribution in [0.3, 0.4) is 0 Å². The van der Waals surface area contributed by atoms with Gasteiger partial charge in [-0.2, -0.15) is 5.10 Å². The van der Waals surface area contributed by atoms with Gasteiger partial charge in [0.25, 0.3) is 0 Å². The zero-order valence-electron chi connectivity index (χ0n) is 20.7. The number of hydrogen-bond donors (Lipinski definition) is 1. The molecule has 0 saturated carbocycles. The minimum atomic E-state index is 0.0455. The lowest BCUT2D eigenvalue weighted by molar-refractivity contribution is -0.121. The summed E-state index contributed by atoms with van der Waals surface area (Å²) >= 11 is 0. The third-order valence-corrected chi connectivity index (χ3v) is 6.84. The fourth-order valence-corrected chi connectivity index (χ4v) is 5.09. The Morgan fingerprint density at radius 1 is 0.943 bits per heavy atom. The number of hydrogen-bond acceptors (Lipinski definition) is 3. The molecule has 1 aliphatic heterocycles. The molecule has 2 aromatic heterocycles. The molecule has 1 amide bonds. The number of likely N-dealkylation sites (tertiary alicyclic amines) is 1. The van der Waals surface area contributed by atoms with E-state index < -0.39 is 0 Å². The van der Waals surface area contributed by atoms with Crippen LogP contribution in [0.1, 0.15) is 35.2 Å². The minimum Gasteiger partial charge on any atom is -0.326 e. The molecule has 0 unspecified atom stereocenters. The summed E-state index contributed by atoms with van der Waals surface area (Å²) in [5.74, 6) is 1.26. The average Bonchev–Trinajstić information content (AvgIpc) is 3.48. The first-order valence-corrected chi connectivity index (χ1v) is 12.4. The molecule has 1 aliphatic rings. The van der Waals surface area contributed by atoms with Crippen LogP contribution in [-0.2, 0) is 11.3 Å². The van der Waals surface area contributed by atoms with E-state index in [0.29, 0.717) is 0 Å². The van der Waals surface area contributed by atoms with Crippen molar-refractivity contribution in [2.45, 2.75) is 40.2 Å². The second-order valence-electron chi connectivity index (χ2n) is 9.64. The van der Waals surface area contributed by atoms with Crippen molar-refractivity contribution in [3.8, 4) is 11.5 Å². The highest BCUT2D eigenvalue weighted by molar-refractivity contribution is 5.92. The third-order valence-electron chi connectivity index (χ3n) is 6.84. The number of aryl methyl sites for hydroxylation is 3. The molecule has 0 radical (unpaired) electrons. The highest BCUT2D eigenvalue weighted by Gasteiger charge is 2.27. The quantitative estimate of drug-likeness (QED) is 0.411. The molecule has 1 fully saturated rings. The number of aromatic nitrogens is 3. The van der Waals surface area contributed by atoms with Gasteiger partial charge in [0, 0.05) is 36.1 Å². The first kappa shape index (κ1) is 23.1. The second-order valence-corrected chi connectivity index (χ2v) is 9.64. The van der Waals surface area contributed by atoms with Gasteiger partial charge >= 0.3 is 0 Å². The van der Waals surface area contributed by atoms with Gasteiger partial charge in [-0.3, -0.25) is 9.69 Å². The molecule has 6 nitrogen and oxygen atoms in total. The largest absolute Gasteiger partial charge is 0.326 e. The fourth-order valence-electron chi connectivity index (χ4n) is 5.09. The molecule has 1 N–H and O–H groups in total. The van der Waals surface area contributed by atoms with E-state index in [4.69, 9.17) is 5.10 Å². The van der Waals surface area contributed by atoms with E-state index in [9.17, 15) is 4.79 Å². The lowest BCUT2D eigenvalue weighted by Crippen LogP contribution is -2.38. The summed E-state index contributed by atoms with van der Waals surface area (Å²) in [6.07, 6.45) is 5.87. The zero-order valence-corrected chi connectivity index (χ0v) is 20.7. The lowest BCUT2D eigenvalue weighted by Gasteiger charge is -2.31. The molecule has 0 bridgehead atoms. The molecule has 2 aromatic carbocycles. The Labute approximate surface area is 207 Å². The summed E-state index contributed by atoms with van der Waals surface area (Å²) in [6, 6.07) is 20.6. The van der Waals surface area contributed by atoms with Crippen LogP contribution in [0.4, 0.5) is 5.69 Å². The summed E-state index contributed by atoms with van der Waals surface area (Å²) in [5.41, 5.74) is 6.54. The number of carbonyl (C=O) groups is 1. The van der Waals surface area contributed by atoms with E-state index in [-0.39, 0.29) is 11.8 Å². The molecular weight excluding hydrogens is 434 g/mol. The number of piperidine rings is 1. The molecule has 6 heteroatoms. The van der Waals surface area contributed by atoms with Crippen LogP contribution in [0.5, 0.6) is 0 Å². The maximum Gasteiger partial charge on any atom is 0.227 e. The molecular formula is C29H33N5O. The second kappa shape index (κ2) is 9.92. The summed E-state index contributed by atoms with van der Waals surface area (Å²) in [4.78, 5) is 15.4. The predicted molar refractivity (Wildman–Crippen MR) is 140 cm³/mol. The number of nitrogens with zero attached hydrogens (tertiary/aromatic N) is 4. The van der Waals surface area contributed by atoms with Crippen LogP contribution in [0.2, 0.25) is 0 Å². The molecule has 3 heterocycles. The van der Waals surface area contributed by atoms with Crippen LogP contribution in [-0.4, -0.2) is 38.2 Å². The van der Waals surface area contributed by atoms with E-state index in [0.717, 1.165) is 55.4 Å². The van der Waals surface area contributed by atoms with Crippen molar-refractivity contribution in [1.82, 2.24) is 19.2 Å². The Balaban J connectivity index is 1.30. The Bertz CT molecular complexity index is 1280. The predicted octanol–water partition coefficient (Wildman–Crippen LogP) is 5.44. The van der Waals surface area contributed by atoms with Crippen LogP contribution < -0.4 is 5.32 Å². The Hall–Kier alpha value is -3.64. The molecule has 180 valence electrons. The number of para-hydroxylation sites is 1. The number of benzene rings is 2. The van der Waals surface area contributed by atoms with E-state index in [1.165, 1.54) is 16.7 Å². The van der Waals surface area contributed by atoms with Crippen LogP contribution >= 0.6 is 0 Å². The van der Waals surface area contributed by atoms with E-state index in [1.807, 2.05) is 47.1 Å². The lowest BCUT2D eigenvalue weighted by atomic mass is 9.95. The summed E-state index contributed by atoms with van der Waals surface area (Å²) in [6.45, 7) is 8.82. The van der Waals surface area contributed by atoms with Crippen molar-refractivity contribution in [1.29, 1.82) is 0 Å². The number of carbonyl (C=O) groups excluding carboxylic acids is 1. The average molecular weight is 468 g/mol. The Morgan fingerprint density at radius 3 is 2.26 bits per heavy atom. The van der Waals surface area contributed by atoms with Gasteiger partial charge in [-0.1, -0.05) is 24.3 Å². The van der Waals surface area contributed by atoms with Crippen molar-refractivity contribution in [3.63, 3.8) is 0 Å². The molecule has 35 heavy (non-hydrogen) atoms. The number of rotatable bonds is 6. The molecule has 0 spiro atoms. The van der Waals surface area contributed by atoms with Crippen LogP contribution in [0, 0.1) is 26.7 Å². The number of nitrogens with one attached hydrogen (secondary N) is 1. The third kappa shape index (κ3) is 5.08. The summed E-state index contributed by atoms with van der Waals surface area (Å²) in [7, 11) is 0. The van der Waals surface area contributed by atoms with Gasteiger partial charge in [-0.25, -0.2) is 4.68 Å². The molecule has 5 rings (SSSR count). The number of amides is 1. The zero-order chi connectivity index (χ0) is 24.4. The van der Waals surface area contributed by atoms with Crippen molar-refractivity contribution < 1.29 is 4.79 Å². The maximum absolute atomic E-state index is 12.9. The summed E-state index contributed by atoms with van der Waals surface area (Å²) < 4.78 is 4.18. The minimum absolute atomic E-state index is 0.0455. The van der Waals surface area contributed by atoms with Crippen molar-refractivity contribution in [2.24, 2.45) is 5.92 Å². The molecule has 1 saturated heterocycles.